The highest BCUT2D eigenvalue weighted by Crippen LogP contribution is 2.45. The van der Waals surface area contributed by atoms with Crippen molar-refractivity contribution in [3.63, 3.8) is 0 Å². The molecule has 1 unspecified atom stereocenters. The summed E-state index contributed by atoms with van der Waals surface area (Å²) in [6.07, 6.45) is 1.72. The summed E-state index contributed by atoms with van der Waals surface area (Å²) in [5, 5.41) is 5.09. The number of nitrogens with zero attached hydrogens (tertiary/aromatic N) is 3. The van der Waals surface area contributed by atoms with E-state index in [2.05, 4.69) is 23.2 Å². The standard InChI is InChI=1S/C33H27N3O4/c1-21-35-27-19-30(39-3)29(38-2)18-25(27)33(37)36(21)34-20-26-31(22-12-6-4-7-13-22)24-16-10-11-17-28(24)40-32(26)23-14-8-5-9-15-23/h4-20,31H,1-3H3. The van der Waals surface area contributed by atoms with Crippen molar-refractivity contribution in [2.45, 2.75) is 12.8 Å². The lowest BCUT2D eigenvalue weighted by molar-refractivity contribution is 0.355. The number of fused-ring (bicyclic) bond motifs is 2. The quantitative estimate of drug-likeness (QED) is 0.245. The highest BCUT2D eigenvalue weighted by atomic mass is 16.5. The minimum absolute atomic E-state index is 0.168. The summed E-state index contributed by atoms with van der Waals surface area (Å²) < 4.78 is 18.6. The largest absolute Gasteiger partial charge is 0.493 e. The van der Waals surface area contributed by atoms with Gasteiger partial charge in [0.1, 0.15) is 17.3 Å². The van der Waals surface area contributed by atoms with Crippen molar-refractivity contribution in [1.29, 1.82) is 0 Å². The normalized spacial score (nSPS) is 14.7. The van der Waals surface area contributed by atoms with Crippen LogP contribution in [0.3, 0.4) is 0 Å². The molecule has 5 aromatic rings. The Morgan fingerprint density at radius 1 is 0.875 bits per heavy atom. The molecule has 0 saturated heterocycles. The van der Waals surface area contributed by atoms with Gasteiger partial charge >= 0.3 is 0 Å². The van der Waals surface area contributed by atoms with Crippen LogP contribution >= 0.6 is 0 Å². The summed E-state index contributed by atoms with van der Waals surface area (Å²) in [5.74, 6) is 2.69. The molecule has 0 spiro atoms. The molecular weight excluding hydrogens is 502 g/mol. The summed E-state index contributed by atoms with van der Waals surface area (Å²) in [6.45, 7) is 1.75. The van der Waals surface area contributed by atoms with Gasteiger partial charge in [-0.3, -0.25) is 4.79 Å². The van der Waals surface area contributed by atoms with Gasteiger partial charge in [0.2, 0.25) is 0 Å². The van der Waals surface area contributed by atoms with Crippen LogP contribution in [0.4, 0.5) is 0 Å². The molecule has 1 aliphatic heterocycles. The first kappa shape index (κ1) is 25.1. The van der Waals surface area contributed by atoms with Crippen LogP contribution in [-0.4, -0.2) is 30.1 Å². The van der Waals surface area contributed by atoms with Gasteiger partial charge in [0.15, 0.2) is 11.5 Å². The fraction of sp³-hybridized carbons (Fsp3) is 0.121. The first-order chi connectivity index (χ1) is 19.6. The van der Waals surface area contributed by atoms with Crippen LogP contribution in [0.2, 0.25) is 0 Å². The zero-order valence-corrected chi connectivity index (χ0v) is 22.4. The first-order valence-electron chi connectivity index (χ1n) is 12.9. The molecule has 4 aromatic carbocycles. The second-order valence-electron chi connectivity index (χ2n) is 9.38. The molecule has 1 atom stereocenters. The molecule has 1 aromatic heterocycles. The van der Waals surface area contributed by atoms with E-state index in [-0.39, 0.29) is 11.5 Å². The molecule has 198 valence electrons. The summed E-state index contributed by atoms with van der Waals surface area (Å²) in [5.41, 5.74) is 4.05. The van der Waals surface area contributed by atoms with E-state index in [1.165, 1.54) is 11.8 Å². The topological polar surface area (TPSA) is 74.9 Å². The predicted octanol–water partition coefficient (Wildman–Crippen LogP) is 6.19. The molecule has 7 nitrogen and oxygen atoms in total. The first-order valence-corrected chi connectivity index (χ1v) is 12.9. The number of aryl methyl sites for hydroxylation is 1. The van der Waals surface area contributed by atoms with Gasteiger partial charge in [0, 0.05) is 28.7 Å². The van der Waals surface area contributed by atoms with Gasteiger partial charge in [-0.15, -0.1) is 0 Å². The van der Waals surface area contributed by atoms with Crippen LogP contribution in [0.1, 0.15) is 28.4 Å². The zero-order chi connectivity index (χ0) is 27.6. The van der Waals surface area contributed by atoms with Gasteiger partial charge in [0.05, 0.1) is 31.3 Å². The van der Waals surface area contributed by atoms with Crippen molar-refractivity contribution in [3.05, 3.63) is 136 Å². The Hall–Kier alpha value is -5.17. The van der Waals surface area contributed by atoms with Crippen molar-refractivity contribution in [2.75, 3.05) is 14.2 Å². The number of ether oxygens (including phenoxy) is 3. The molecule has 0 saturated carbocycles. The third-order valence-corrected chi connectivity index (χ3v) is 7.01. The van der Waals surface area contributed by atoms with Gasteiger partial charge in [0.25, 0.3) is 5.56 Å². The summed E-state index contributed by atoms with van der Waals surface area (Å²) >= 11 is 0. The minimum Gasteiger partial charge on any atom is -0.493 e. The van der Waals surface area contributed by atoms with Crippen LogP contribution < -0.4 is 19.8 Å². The zero-order valence-electron chi connectivity index (χ0n) is 22.4. The molecule has 40 heavy (non-hydrogen) atoms. The third-order valence-electron chi connectivity index (χ3n) is 7.01. The number of methoxy groups -OCH3 is 2. The Morgan fingerprint density at radius 2 is 1.52 bits per heavy atom. The van der Waals surface area contributed by atoms with E-state index in [1.54, 1.807) is 32.4 Å². The number of benzene rings is 4. The Labute approximate surface area is 231 Å². The molecule has 0 bridgehead atoms. The van der Waals surface area contributed by atoms with Crippen molar-refractivity contribution in [3.8, 4) is 17.2 Å². The number of hydrogen-bond acceptors (Lipinski definition) is 6. The van der Waals surface area contributed by atoms with Crippen LogP contribution in [-0.2, 0) is 0 Å². The van der Waals surface area contributed by atoms with Gasteiger partial charge in [-0.05, 0) is 24.6 Å². The molecule has 0 amide bonds. The second-order valence-corrected chi connectivity index (χ2v) is 9.38. The molecule has 6 rings (SSSR count). The molecule has 0 N–H and O–H groups in total. The maximum Gasteiger partial charge on any atom is 0.282 e. The van der Waals surface area contributed by atoms with Gasteiger partial charge in [-0.25, -0.2) is 4.98 Å². The smallest absolute Gasteiger partial charge is 0.282 e. The Kier molecular flexibility index (Phi) is 6.62. The van der Waals surface area contributed by atoms with Crippen molar-refractivity contribution < 1.29 is 14.2 Å². The molecule has 0 radical (unpaired) electrons. The number of aromatic nitrogens is 2. The molecule has 1 aliphatic rings. The van der Waals surface area contributed by atoms with Crippen LogP contribution in [0.5, 0.6) is 17.2 Å². The highest BCUT2D eigenvalue weighted by molar-refractivity contribution is 5.94. The van der Waals surface area contributed by atoms with Gasteiger partial charge in [-0.2, -0.15) is 9.78 Å². The van der Waals surface area contributed by atoms with E-state index in [9.17, 15) is 4.79 Å². The number of hydrogen-bond donors (Lipinski definition) is 0. The van der Waals surface area contributed by atoms with E-state index >= 15 is 0 Å². The molecule has 0 fully saturated rings. The Bertz CT molecular complexity index is 1830. The molecule has 2 heterocycles. The van der Waals surface area contributed by atoms with Crippen molar-refractivity contribution >= 4 is 22.9 Å². The predicted molar refractivity (Wildman–Crippen MR) is 156 cm³/mol. The lowest BCUT2D eigenvalue weighted by Crippen LogP contribution is -2.22. The lowest BCUT2D eigenvalue weighted by Gasteiger charge is -2.29. The summed E-state index contributed by atoms with van der Waals surface area (Å²) in [7, 11) is 3.08. The van der Waals surface area contributed by atoms with E-state index in [4.69, 9.17) is 19.3 Å². The van der Waals surface area contributed by atoms with Gasteiger partial charge < -0.3 is 14.2 Å². The van der Waals surface area contributed by atoms with E-state index in [1.807, 2.05) is 66.7 Å². The van der Waals surface area contributed by atoms with Crippen LogP contribution in [0.15, 0.2) is 113 Å². The van der Waals surface area contributed by atoms with E-state index in [0.29, 0.717) is 34.0 Å². The average Bonchev–Trinajstić information content (AvgIpc) is 3.00. The lowest BCUT2D eigenvalue weighted by atomic mass is 9.82. The van der Waals surface area contributed by atoms with Crippen molar-refractivity contribution in [2.24, 2.45) is 5.10 Å². The molecular formula is C33H27N3O4. The maximum absolute atomic E-state index is 13.7. The minimum atomic E-state index is -0.310. The molecule has 7 heteroatoms. The number of rotatable bonds is 6. The number of para-hydroxylation sites is 1. The third kappa shape index (κ3) is 4.41. The fourth-order valence-corrected chi connectivity index (χ4v) is 5.10. The monoisotopic (exact) mass is 529 g/mol. The highest BCUT2D eigenvalue weighted by Gasteiger charge is 2.31. The number of allylic oxidation sites excluding steroid dienone is 1. The SMILES string of the molecule is COc1cc2nc(C)n(N=CC3=C(c4ccccc4)Oc4ccccc4C3c3ccccc3)c(=O)c2cc1OC. The Balaban J connectivity index is 1.57. The van der Waals surface area contributed by atoms with Gasteiger partial charge in [-0.1, -0.05) is 78.9 Å². The average molecular weight is 530 g/mol. The fourth-order valence-electron chi connectivity index (χ4n) is 5.10. The Morgan fingerprint density at radius 3 is 2.25 bits per heavy atom. The maximum atomic E-state index is 13.7. The van der Waals surface area contributed by atoms with E-state index < -0.39 is 0 Å². The van der Waals surface area contributed by atoms with E-state index in [0.717, 1.165) is 28.0 Å². The summed E-state index contributed by atoms with van der Waals surface area (Å²) in [4.78, 5) is 18.3. The van der Waals surface area contributed by atoms with Crippen LogP contribution in [0, 0.1) is 6.92 Å². The second kappa shape index (κ2) is 10.5. The van der Waals surface area contributed by atoms with Crippen molar-refractivity contribution in [1.82, 2.24) is 9.66 Å². The molecule has 0 aliphatic carbocycles. The summed E-state index contributed by atoms with van der Waals surface area (Å²) in [6, 6.07) is 31.5. The van der Waals surface area contributed by atoms with Crippen LogP contribution in [0.25, 0.3) is 16.7 Å².